The van der Waals surface area contributed by atoms with E-state index in [1.807, 2.05) is 25.1 Å². The van der Waals surface area contributed by atoms with Crippen molar-refractivity contribution in [3.8, 4) is 28.4 Å². The summed E-state index contributed by atoms with van der Waals surface area (Å²) in [4.78, 5) is 22.6. The van der Waals surface area contributed by atoms with Crippen molar-refractivity contribution in [2.24, 2.45) is 0 Å². The molecule has 0 atom stereocenters. The third-order valence-corrected chi connectivity index (χ3v) is 5.66. The normalized spacial score (nSPS) is 12.3. The van der Waals surface area contributed by atoms with E-state index in [9.17, 15) is 14.7 Å². The zero-order valence-corrected chi connectivity index (χ0v) is 17.5. The maximum Gasteiger partial charge on any atom is 0.394 e. The number of phenols is 1. The number of amides is 1. The molecule has 4 rings (SSSR count). The number of nitrogens with one attached hydrogen (secondary N) is 1. The molecule has 0 fully saturated rings. The summed E-state index contributed by atoms with van der Waals surface area (Å²) in [5.41, 5.74) is 4.37. The average molecular weight is 438 g/mol. The van der Waals surface area contributed by atoms with Gasteiger partial charge in [-0.3, -0.25) is 4.79 Å². The SMILES string of the molecule is Cc1cc(NC(=O)C(=O)O)c2c(c1Oc1ccc(O)c(-c3ccccc3Cl)c1)CCC2. The van der Waals surface area contributed by atoms with Crippen LogP contribution < -0.4 is 10.1 Å². The highest BCUT2D eigenvalue weighted by Gasteiger charge is 2.24. The van der Waals surface area contributed by atoms with Gasteiger partial charge < -0.3 is 20.3 Å². The molecular weight excluding hydrogens is 418 g/mol. The summed E-state index contributed by atoms with van der Waals surface area (Å²) in [5.74, 6) is -1.29. The van der Waals surface area contributed by atoms with E-state index in [-0.39, 0.29) is 5.75 Å². The molecule has 31 heavy (non-hydrogen) atoms. The van der Waals surface area contributed by atoms with Crippen molar-refractivity contribution in [2.45, 2.75) is 26.2 Å². The van der Waals surface area contributed by atoms with E-state index in [0.29, 0.717) is 33.3 Å². The number of aliphatic carboxylic acids is 1. The Hall–Kier alpha value is -3.51. The van der Waals surface area contributed by atoms with Crippen LogP contribution in [0.15, 0.2) is 48.5 Å². The molecule has 6 nitrogen and oxygen atoms in total. The van der Waals surface area contributed by atoms with Gasteiger partial charge in [-0.05, 0) is 67.6 Å². The van der Waals surface area contributed by atoms with Crippen molar-refractivity contribution in [1.29, 1.82) is 0 Å². The number of aromatic hydroxyl groups is 1. The fraction of sp³-hybridized carbons (Fsp3) is 0.167. The predicted octanol–water partition coefficient (Wildman–Crippen LogP) is 5.33. The van der Waals surface area contributed by atoms with Gasteiger partial charge in [0.1, 0.15) is 17.2 Å². The number of rotatable bonds is 4. The minimum absolute atomic E-state index is 0.0918. The molecular formula is C24H20ClNO5. The van der Waals surface area contributed by atoms with Crippen molar-refractivity contribution in [2.75, 3.05) is 5.32 Å². The second-order valence-corrected chi connectivity index (χ2v) is 7.81. The number of carbonyl (C=O) groups is 2. The molecule has 1 aliphatic rings. The Morgan fingerprint density at radius 1 is 1.03 bits per heavy atom. The summed E-state index contributed by atoms with van der Waals surface area (Å²) in [5, 5.41) is 22.3. The topological polar surface area (TPSA) is 95.9 Å². The minimum atomic E-state index is -1.53. The van der Waals surface area contributed by atoms with Crippen molar-refractivity contribution in [3.63, 3.8) is 0 Å². The maximum atomic E-state index is 11.7. The summed E-state index contributed by atoms with van der Waals surface area (Å²) in [7, 11) is 0. The molecule has 0 bridgehead atoms. The van der Waals surface area contributed by atoms with Crippen LogP contribution >= 0.6 is 11.6 Å². The Morgan fingerprint density at radius 3 is 2.52 bits per heavy atom. The van der Waals surface area contributed by atoms with Gasteiger partial charge >= 0.3 is 11.9 Å². The number of phenolic OH excluding ortho intramolecular Hbond substituents is 1. The van der Waals surface area contributed by atoms with Gasteiger partial charge in [-0.15, -0.1) is 0 Å². The van der Waals surface area contributed by atoms with E-state index in [2.05, 4.69) is 5.32 Å². The van der Waals surface area contributed by atoms with Gasteiger partial charge in [0.05, 0.1) is 0 Å². The Labute approximate surface area is 184 Å². The van der Waals surface area contributed by atoms with Crippen LogP contribution in [0.5, 0.6) is 17.2 Å². The van der Waals surface area contributed by atoms with E-state index in [1.165, 1.54) is 0 Å². The summed E-state index contributed by atoms with van der Waals surface area (Å²) >= 11 is 6.30. The lowest BCUT2D eigenvalue weighted by Gasteiger charge is -2.18. The van der Waals surface area contributed by atoms with Gasteiger partial charge in [0, 0.05) is 27.4 Å². The van der Waals surface area contributed by atoms with Gasteiger partial charge in [0.2, 0.25) is 0 Å². The number of aryl methyl sites for hydroxylation is 1. The number of anilines is 1. The van der Waals surface area contributed by atoms with Crippen LogP contribution in [0.3, 0.4) is 0 Å². The molecule has 3 N–H and O–H groups in total. The summed E-state index contributed by atoms with van der Waals surface area (Å²) in [6.45, 7) is 1.85. The molecule has 0 aromatic heterocycles. The molecule has 0 aliphatic heterocycles. The molecule has 0 unspecified atom stereocenters. The third-order valence-electron chi connectivity index (χ3n) is 5.33. The number of hydrogen-bond acceptors (Lipinski definition) is 4. The standard InChI is InChI=1S/C24H20ClNO5/c1-13-11-20(26-23(28)24(29)30)16-6-4-7-17(16)22(13)31-14-9-10-21(27)18(12-14)15-5-2-3-8-19(15)25/h2-3,5,8-12,27H,4,6-7H2,1H3,(H,26,28)(H,29,30). The fourth-order valence-corrected chi connectivity index (χ4v) is 4.16. The van der Waals surface area contributed by atoms with Crippen molar-refractivity contribution in [1.82, 2.24) is 0 Å². The zero-order chi connectivity index (χ0) is 22.1. The number of carboxylic acid groups (broad SMARTS) is 1. The molecule has 1 aliphatic carbocycles. The van der Waals surface area contributed by atoms with Crippen LogP contribution in [0.2, 0.25) is 5.02 Å². The number of ether oxygens (including phenoxy) is 1. The molecule has 0 saturated carbocycles. The molecule has 3 aromatic rings. The van der Waals surface area contributed by atoms with Gasteiger partial charge in [-0.25, -0.2) is 4.79 Å². The van der Waals surface area contributed by atoms with E-state index < -0.39 is 11.9 Å². The number of benzene rings is 3. The molecule has 0 radical (unpaired) electrons. The first-order chi connectivity index (χ1) is 14.8. The highest BCUT2D eigenvalue weighted by molar-refractivity contribution is 6.36. The van der Waals surface area contributed by atoms with Crippen LogP contribution in [-0.4, -0.2) is 22.1 Å². The van der Waals surface area contributed by atoms with Crippen LogP contribution in [-0.2, 0) is 22.4 Å². The Morgan fingerprint density at radius 2 is 1.77 bits per heavy atom. The number of halogens is 1. The number of carbonyl (C=O) groups excluding carboxylic acids is 1. The smallest absolute Gasteiger partial charge is 0.394 e. The Kier molecular flexibility index (Phi) is 5.57. The number of fused-ring (bicyclic) bond motifs is 1. The van der Waals surface area contributed by atoms with E-state index in [0.717, 1.165) is 36.0 Å². The molecule has 0 saturated heterocycles. The fourth-order valence-electron chi connectivity index (χ4n) is 3.92. The summed E-state index contributed by atoms with van der Waals surface area (Å²) in [6.07, 6.45) is 2.37. The van der Waals surface area contributed by atoms with Crippen molar-refractivity contribution >= 4 is 29.2 Å². The van der Waals surface area contributed by atoms with E-state index >= 15 is 0 Å². The van der Waals surface area contributed by atoms with Gasteiger partial charge in [0.25, 0.3) is 0 Å². The monoisotopic (exact) mass is 437 g/mol. The lowest BCUT2D eigenvalue weighted by atomic mass is 10.0. The van der Waals surface area contributed by atoms with Crippen molar-refractivity contribution < 1.29 is 24.5 Å². The van der Waals surface area contributed by atoms with Crippen LogP contribution in [0.25, 0.3) is 11.1 Å². The van der Waals surface area contributed by atoms with Crippen LogP contribution in [0, 0.1) is 6.92 Å². The highest BCUT2D eigenvalue weighted by atomic mass is 35.5. The van der Waals surface area contributed by atoms with Gasteiger partial charge in [-0.1, -0.05) is 29.8 Å². The first-order valence-corrected chi connectivity index (χ1v) is 10.2. The van der Waals surface area contributed by atoms with Gasteiger partial charge in [0.15, 0.2) is 0 Å². The van der Waals surface area contributed by atoms with Crippen LogP contribution in [0.1, 0.15) is 23.1 Å². The molecule has 3 aromatic carbocycles. The molecule has 158 valence electrons. The predicted molar refractivity (Wildman–Crippen MR) is 118 cm³/mol. The molecule has 7 heteroatoms. The maximum absolute atomic E-state index is 11.7. The van der Waals surface area contributed by atoms with E-state index in [4.69, 9.17) is 21.4 Å². The van der Waals surface area contributed by atoms with E-state index in [1.54, 1.807) is 30.3 Å². The first kappa shape index (κ1) is 20.8. The highest BCUT2D eigenvalue weighted by Crippen LogP contribution is 2.42. The number of carboxylic acids is 1. The second kappa shape index (κ2) is 8.32. The van der Waals surface area contributed by atoms with Gasteiger partial charge in [-0.2, -0.15) is 0 Å². The number of hydrogen-bond donors (Lipinski definition) is 3. The second-order valence-electron chi connectivity index (χ2n) is 7.40. The van der Waals surface area contributed by atoms with Crippen molar-refractivity contribution in [3.05, 3.63) is 70.2 Å². The quantitative estimate of drug-likeness (QED) is 0.480. The molecule has 1 amide bonds. The lowest BCUT2D eigenvalue weighted by Crippen LogP contribution is -2.22. The minimum Gasteiger partial charge on any atom is -0.507 e. The van der Waals surface area contributed by atoms with Crippen LogP contribution in [0.4, 0.5) is 5.69 Å². The Bertz CT molecular complexity index is 1200. The first-order valence-electron chi connectivity index (χ1n) is 9.80. The summed E-state index contributed by atoms with van der Waals surface area (Å²) < 4.78 is 6.23. The largest absolute Gasteiger partial charge is 0.507 e. The Balaban J connectivity index is 1.72. The lowest BCUT2D eigenvalue weighted by molar-refractivity contribution is -0.147. The average Bonchev–Trinajstić information content (AvgIpc) is 3.22. The zero-order valence-electron chi connectivity index (χ0n) is 16.7. The third kappa shape index (κ3) is 4.07. The summed E-state index contributed by atoms with van der Waals surface area (Å²) in [6, 6.07) is 13.9. The molecule has 0 heterocycles. The molecule has 0 spiro atoms.